The molecule has 2 unspecified atom stereocenters. The molecule has 0 aromatic rings. The number of nitrogens with zero attached hydrogens (tertiary/aromatic N) is 1. The number of likely N-dealkylation sites (tertiary alicyclic amines) is 1. The summed E-state index contributed by atoms with van der Waals surface area (Å²) in [6.07, 6.45) is 15.4. The Labute approximate surface area is 117 Å². The minimum absolute atomic E-state index is 0.0632. The molecule has 2 atom stereocenters. The Morgan fingerprint density at radius 3 is 2.89 bits per heavy atom. The van der Waals surface area contributed by atoms with Gasteiger partial charge in [0.05, 0.1) is 13.5 Å². The van der Waals surface area contributed by atoms with Gasteiger partial charge in [-0.15, -0.1) is 0 Å². The zero-order chi connectivity index (χ0) is 13.5. The van der Waals surface area contributed by atoms with Crippen LogP contribution in [-0.2, 0) is 9.53 Å². The van der Waals surface area contributed by atoms with Gasteiger partial charge in [-0.2, -0.15) is 0 Å². The van der Waals surface area contributed by atoms with Gasteiger partial charge in [-0.25, -0.2) is 0 Å². The smallest absolute Gasteiger partial charge is 0.307 e. The Balaban J connectivity index is 2.00. The van der Waals surface area contributed by atoms with E-state index in [2.05, 4.69) is 17.1 Å². The number of carbonyl (C=O) groups excluding carboxylic acids is 1. The van der Waals surface area contributed by atoms with Gasteiger partial charge < -0.3 is 4.74 Å². The molecule has 3 nitrogen and oxygen atoms in total. The highest BCUT2D eigenvalue weighted by Gasteiger charge is 2.29. The topological polar surface area (TPSA) is 29.5 Å². The van der Waals surface area contributed by atoms with Gasteiger partial charge in [0.1, 0.15) is 0 Å². The second-order valence-electron chi connectivity index (χ2n) is 5.80. The third-order valence-electron chi connectivity index (χ3n) is 4.46. The second-order valence-corrected chi connectivity index (χ2v) is 5.80. The lowest BCUT2D eigenvalue weighted by Crippen LogP contribution is -2.46. The van der Waals surface area contributed by atoms with E-state index in [1.807, 2.05) is 0 Å². The van der Waals surface area contributed by atoms with Crippen molar-refractivity contribution in [2.45, 2.75) is 69.9 Å². The molecule has 0 aromatic heterocycles. The summed E-state index contributed by atoms with van der Waals surface area (Å²) >= 11 is 0. The van der Waals surface area contributed by atoms with Crippen LogP contribution in [0.4, 0.5) is 0 Å². The van der Waals surface area contributed by atoms with Gasteiger partial charge in [-0.05, 0) is 38.6 Å². The van der Waals surface area contributed by atoms with E-state index >= 15 is 0 Å². The normalized spacial score (nSPS) is 31.2. The number of methoxy groups -OCH3 is 1. The highest BCUT2D eigenvalue weighted by molar-refractivity contribution is 5.69. The Hall–Kier alpha value is -0.830. The van der Waals surface area contributed by atoms with Crippen molar-refractivity contribution in [2.24, 2.45) is 0 Å². The third kappa shape index (κ3) is 4.34. The molecule has 3 heteroatoms. The first kappa shape index (κ1) is 14.6. The maximum absolute atomic E-state index is 11.6. The summed E-state index contributed by atoms with van der Waals surface area (Å²) in [4.78, 5) is 14.1. The van der Waals surface area contributed by atoms with E-state index in [-0.39, 0.29) is 5.97 Å². The van der Waals surface area contributed by atoms with Gasteiger partial charge in [0.25, 0.3) is 0 Å². The standard InChI is InChI=1S/C16H27NO2/c1-19-16(18)13-15-11-7-8-12-17(15)14-9-5-3-2-4-6-10-14/h5,9,14-15H,2-4,6-8,10-13H2,1H3/b9-5+. The molecule has 1 saturated heterocycles. The molecule has 0 amide bonds. The molecule has 2 rings (SSSR count). The van der Waals surface area contributed by atoms with Crippen molar-refractivity contribution in [2.75, 3.05) is 13.7 Å². The number of hydrogen-bond acceptors (Lipinski definition) is 3. The summed E-state index contributed by atoms with van der Waals surface area (Å²) in [6.45, 7) is 1.14. The van der Waals surface area contributed by atoms with Crippen molar-refractivity contribution in [1.82, 2.24) is 4.90 Å². The highest BCUT2D eigenvalue weighted by Crippen LogP contribution is 2.26. The SMILES string of the molecule is COC(=O)CC1CCCCN1C1/C=C/CCCCC1. The summed E-state index contributed by atoms with van der Waals surface area (Å²) < 4.78 is 4.85. The minimum Gasteiger partial charge on any atom is -0.469 e. The van der Waals surface area contributed by atoms with Crippen LogP contribution >= 0.6 is 0 Å². The van der Waals surface area contributed by atoms with Gasteiger partial charge in [-0.1, -0.05) is 31.4 Å². The van der Waals surface area contributed by atoms with Crippen molar-refractivity contribution < 1.29 is 9.53 Å². The van der Waals surface area contributed by atoms with Crippen LogP contribution in [0.1, 0.15) is 57.8 Å². The van der Waals surface area contributed by atoms with Crippen molar-refractivity contribution in [3.63, 3.8) is 0 Å². The fourth-order valence-electron chi connectivity index (χ4n) is 3.37. The Bertz CT molecular complexity index is 314. The molecule has 1 heterocycles. The molecule has 0 aromatic carbocycles. The minimum atomic E-state index is -0.0632. The Kier molecular flexibility index (Phi) is 5.90. The predicted molar refractivity (Wildman–Crippen MR) is 77.0 cm³/mol. The molecule has 0 bridgehead atoms. The van der Waals surface area contributed by atoms with Crippen LogP contribution in [0.2, 0.25) is 0 Å². The molecule has 0 N–H and O–H groups in total. The van der Waals surface area contributed by atoms with Crippen LogP contribution in [-0.4, -0.2) is 36.6 Å². The summed E-state index contributed by atoms with van der Waals surface area (Å²) in [5, 5.41) is 0. The number of esters is 1. The first-order valence-corrected chi connectivity index (χ1v) is 7.80. The molecule has 1 aliphatic heterocycles. The fourth-order valence-corrected chi connectivity index (χ4v) is 3.37. The molecule has 0 spiro atoms. The average Bonchev–Trinajstić information content (AvgIpc) is 2.39. The molecule has 1 aliphatic carbocycles. The van der Waals surface area contributed by atoms with E-state index in [0.717, 1.165) is 13.0 Å². The molecule has 0 radical (unpaired) electrons. The predicted octanol–water partition coefficient (Wildman–Crippen LogP) is 3.29. The van der Waals surface area contributed by atoms with Crippen molar-refractivity contribution >= 4 is 5.97 Å². The first-order valence-electron chi connectivity index (χ1n) is 7.80. The van der Waals surface area contributed by atoms with Crippen molar-refractivity contribution in [1.29, 1.82) is 0 Å². The summed E-state index contributed by atoms with van der Waals surface area (Å²) in [6, 6.07) is 0.922. The number of hydrogen-bond donors (Lipinski definition) is 0. The Morgan fingerprint density at radius 1 is 1.21 bits per heavy atom. The van der Waals surface area contributed by atoms with Crippen molar-refractivity contribution in [3.8, 4) is 0 Å². The van der Waals surface area contributed by atoms with Crippen LogP contribution in [0.15, 0.2) is 12.2 Å². The molecular weight excluding hydrogens is 238 g/mol. The molecule has 19 heavy (non-hydrogen) atoms. The van der Waals surface area contributed by atoms with Crippen molar-refractivity contribution in [3.05, 3.63) is 12.2 Å². The number of ether oxygens (including phenoxy) is 1. The zero-order valence-corrected chi connectivity index (χ0v) is 12.1. The maximum Gasteiger partial charge on any atom is 0.307 e. The molecule has 0 saturated carbocycles. The van der Waals surface area contributed by atoms with E-state index in [4.69, 9.17) is 4.74 Å². The van der Waals surface area contributed by atoms with E-state index in [1.165, 1.54) is 52.1 Å². The summed E-state index contributed by atoms with van der Waals surface area (Å²) in [5.74, 6) is -0.0632. The average molecular weight is 265 g/mol. The van der Waals surface area contributed by atoms with Crippen LogP contribution < -0.4 is 0 Å². The summed E-state index contributed by atoms with van der Waals surface area (Å²) in [5.41, 5.74) is 0. The second kappa shape index (κ2) is 7.68. The largest absolute Gasteiger partial charge is 0.469 e. The van der Waals surface area contributed by atoms with E-state index in [1.54, 1.807) is 0 Å². The Morgan fingerprint density at radius 2 is 2.05 bits per heavy atom. The molecule has 108 valence electrons. The van der Waals surface area contributed by atoms with Crippen LogP contribution in [0.25, 0.3) is 0 Å². The van der Waals surface area contributed by atoms with Crippen LogP contribution in [0.5, 0.6) is 0 Å². The first-order chi connectivity index (χ1) is 9.31. The van der Waals surface area contributed by atoms with E-state index < -0.39 is 0 Å². The van der Waals surface area contributed by atoms with Crippen LogP contribution in [0.3, 0.4) is 0 Å². The van der Waals surface area contributed by atoms with E-state index in [9.17, 15) is 4.79 Å². The van der Waals surface area contributed by atoms with Gasteiger partial charge >= 0.3 is 5.97 Å². The number of rotatable bonds is 3. The fraction of sp³-hybridized carbons (Fsp3) is 0.812. The van der Waals surface area contributed by atoms with Gasteiger partial charge in [0.2, 0.25) is 0 Å². The number of allylic oxidation sites excluding steroid dienone is 1. The lowest BCUT2D eigenvalue weighted by molar-refractivity contribution is -0.142. The van der Waals surface area contributed by atoms with Gasteiger partial charge in [0, 0.05) is 12.1 Å². The number of carbonyl (C=O) groups is 1. The number of piperidine rings is 1. The quantitative estimate of drug-likeness (QED) is 0.579. The third-order valence-corrected chi connectivity index (χ3v) is 4.46. The molecule has 2 aliphatic rings. The lowest BCUT2D eigenvalue weighted by Gasteiger charge is -2.40. The van der Waals surface area contributed by atoms with Crippen LogP contribution in [0, 0.1) is 0 Å². The highest BCUT2D eigenvalue weighted by atomic mass is 16.5. The summed E-state index contributed by atoms with van der Waals surface area (Å²) in [7, 11) is 1.49. The molecular formula is C16H27NO2. The zero-order valence-electron chi connectivity index (χ0n) is 12.1. The molecule has 1 fully saturated rings. The lowest BCUT2D eigenvalue weighted by atomic mass is 9.93. The monoisotopic (exact) mass is 265 g/mol. The maximum atomic E-state index is 11.6. The van der Waals surface area contributed by atoms with E-state index in [0.29, 0.717) is 18.5 Å². The van der Waals surface area contributed by atoms with Gasteiger partial charge in [0.15, 0.2) is 0 Å². The van der Waals surface area contributed by atoms with Gasteiger partial charge in [-0.3, -0.25) is 9.69 Å².